The van der Waals surface area contributed by atoms with Crippen molar-refractivity contribution in [2.24, 2.45) is 0 Å². The van der Waals surface area contributed by atoms with Gasteiger partial charge in [0.05, 0.1) is 30.8 Å². The summed E-state index contributed by atoms with van der Waals surface area (Å²) in [5.74, 6) is -0.150. The lowest BCUT2D eigenvalue weighted by Crippen LogP contribution is -2.41. The molecule has 0 aliphatic carbocycles. The van der Waals surface area contributed by atoms with Gasteiger partial charge in [-0.25, -0.2) is 0 Å². The van der Waals surface area contributed by atoms with Crippen molar-refractivity contribution >= 4 is 30.9 Å². The maximum Gasteiger partial charge on any atom is 0.308 e. The molecule has 6 nitrogen and oxygen atoms in total. The maximum absolute atomic E-state index is 13.3. The lowest BCUT2D eigenvalue weighted by atomic mass is 10.1. The largest absolute Gasteiger partial charge is 0.458 e. The van der Waals surface area contributed by atoms with Crippen LogP contribution in [0.15, 0.2) is 36.5 Å². The number of esters is 1. The molecule has 0 radical (unpaired) electrons. The summed E-state index contributed by atoms with van der Waals surface area (Å²) in [6, 6.07) is 10.2. The molecule has 0 N–H and O–H groups in total. The van der Waals surface area contributed by atoms with Gasteiger partial charge in [0.25, 0.3) is 0 Å². The van der Waals surface area contributed by atoms with Gasteiger partial charge in [0, 0.05) is 25.4 Å². The number of hydrogen-bond donors (Lipinski definition) is 0. The molecule has 0 aromatic heterocycles. The van der Waals surface area contributed by atoms with Gasteiger partial charge in [-0.05, 0) is 86.2 Å². The van der Waals surface area contributed by atoms with Gasteiger partial charge in [-0.2, -0.15) is 0 Å². The number of carbonyl (C=O) groups is 1. The number of allylic oxidation sites excluding steroid dienone is 3. The average molecular weight is 751 g/mol. The van der Waals surface area contributed by atoms with Crippen LogP contribution in [0.5, 0.6) is 0 Å². The summed E-state index contributed by atoms with van der Waals surface area (Å²) in [5, 5.41) is 0. The second kappa shape index (κ2) is 23.8. The summed E-state index contributed by atoms with van der Waals surface area (Å²) in [7, 11) is -5.29. The van der Waals surface area contributed by atoms with Gasteiger partial charge in [0.2, 0.25) is 0 Å². The predicted molar refractivity (Wildman–Crippen MR) is 219 cm³/mol. The summed E-state index contributed by atoms with van der Waals surface area (Å²) in [6.45, 7) is 22.8. The van der Waals surface area contributed by atoms with E-state index in [2.05, 4.69) is 99.6 Å². The standard InChI is InChI=1S/C41H78O6Si3/c1-11-35(45-48(12-2,13-3)14-4)32-39-40(44-39)33-37(46-49(15-5,16-6)17-7)31-27-26-29-36-28-24-22-21-23-25-30-38(34-41(42)43-36)47-50(18-8,19-9)20-10/h22,24,26-27,29,31,35-40H,11-21,23,25,28,30,32-34H2,1-10H3. The van der Waals surface area contributed by atoms with Crippen molar-refractivity contribution in [2.45, 2.75) is 218 Å². The van der Waals surface area contributed by atoms with Crippen molar-refractivity contribution in [1.29, 1.82) is 0 Å². The van der Waals surface area contributed by atoms with E-state index in [0.29, 0.717) is 12.8 Å². The van der Waals surface area contributed by atoms with Crippen molar-refractivity contribution in [3.63, 3.8) is 0 Å². The van der Waals surface area contributed by atoms with Gasteiger partial charge < -0.3 is 22.8 Å². The number of hydrogen-bond acceptors (Lipinski definition) is 6. The molecule has 0 aromatic carbocycles. The molecular formula is C41H78O6Si3. The summed E-state index contributed by atoms with van der Waals surface area (Å²) in [4.78, 5) is 13.3. The van der Waals surface area contributed by atoms with Crippen LogP contribution < -0.4 is 0 Å². The van der Waals surface area contributed by atoms with Crippen LogP contribution in [0.1, 0.15) is 127 Å². The fraction of sp³-hybridized carbons (Fsp3) is 0.829. The van der Waals surface area contributed by atoms with E-state index in [-0.39, 0.29) is 42.6 Å². The summed E-state index contributed by atoms with van der Waals surface area (Å²) in [5.41, 5.74) is 0. The van der Waals surface area contributed by atoms with E-state index >= 15 is 0 Å². The molecule has 6 unspecified atom stereocenters. The lowest BCUT2D eigenvalue weighted by molar-refractivity contribution is -0.148. The first-order valence-electron chi connectivity index (χ1n) is 21.0. The number of cyclic esters (lactones) is 1. The van der Waals surface area contributed by atoms with Gasteiger partial charge in [0.15, 0.2) is 25.0 Å². The molecule has 290 valence electrons. The predicted octanol–water partition coefficient (Wildman–Crippen LogP) is 12.0. The Labute approximate surface area is 311 Å². The van der Waals surface area contributed by atoms with E-state index < -0.39 is 25.0 Å². The number of epoxide rings is 1. The normalized spacial score (nSPS) is 24.2. The van der Waals surface area contributed by atoms with Crippen LogP contribution in [0.2, 0.25) is 54.4 Å². The Morgan fingerprint density at radius 2 is 1.32 bits per heavy atom. The van der Waals surface area contributed by atoms with E-state index in [1.807, 2.05) is 6.08 Å². The van der Waals surface area contributed by atoms with Crippen LogP contribution in [0.3, 0.4) is 0 Å². The Morgan fingerprint density at radius 3 is 1.90 bits per heavy atom. The monoisotopic (exact) mass is 751 g/mol. The smallest absolute Gasteiger partial charge is 0.308 e. The highest BCUT2D eigenvalue weighted by Gasteiger charge is 2.44. The van der Waals surface area contributed by atoms with E-state index in [1.165, 1.54) is 18.1 Å². The molecule has 1 saturated heterocycles. The highest BCUT2D eigenvalue weighted by molar-refractivity contribution is 6.74. The minimum atomic E-state index is -1.83. The molecule has 0 spiro atoms. The van der Waals surface area contributed by atoms with E-state index in [4.69, 9.17) is 22.8 Å². The van der Waals surface area contributed by atoms with E-state index in [9.17, 15) is 4.79 Å². The molecule has 50 heavy (non-hydrogen) atoms. The van der Waals surface area contributed by atoms with Gasteiger partial charge in [-0.3, -0.25) is 4.79 Å². The third-order valence-corrected chi connectivity index (χ3v) is 26.3. The first-order chi connectivity index (χ1) is 24.1. The maximum atomic E-state index is 13.3. The van der Waals surface area contributed by atoms with Crippen LogP contribution in [-0.2, 0) is 27.5 Å². The molecule has 0 bridgehead atoms. The minimum absolute atomic E-state index is 0.00865. The molecule has 2 aliphatic rings. The molecule has 9 heteroatoms. The van der Waals surface area contributed by atoms with Gasteiger partial charge in [-0.15, -0.1) is 0 Å². The number of carbonyl (C=O) groups excluding carboxylic acids is 1. The van der Waals surface area contributed by atoms with Crippen LogP contribution in [0.25, 0.3) is 0 Å². The topological polar surface area (TPSA) is 66.5 Å². The van der Waals surface area contributed by atoms with Gasteiger partial charge in [-0.1, -0.05) is 106 Å². The van der Waals surface area contributed by atoms with Gasteiger partial charge in [0.1, 0.15) is 6.10 Å². The first-order valence-corrected chi connectivity index (χ1v) is 28.5. The molecule has 0 aromatic rings. The highest BCUT2D eigenvalue weighted by atomic mass is 28.4. The first kappa shape index (κ1) is 45.3. The summed E-state index contributed by atoms with van der Waals surface area (Å²) >= 11 is 0. The average Bonchev–Trinajstić information content (AvgIpc) is 3.88. The number of ether oxygens (including phenoxy) is 2. The highest BCUT2D eigenvalue weighted by Crippen LogP contribution is 2.36. The third kappa shape index (κ3) is 14.9. The third-order valence-electron chi connectivity index (χ3n) is 12.3. The Kier molecular flexibility index (Phi) is 21.5. The fourth-order valence-corrected chi connectivity index (χ4v) is 16.4. The Bertz CT molecular complexity index is 995. The molecule has 2 heterocycles. The molecule has 6 atom stereocenters. The van der Waals surface area contributed by atoms with Crippen molar-refractivity contribution in [2.75, 3.05) is 0 Å². The van der Waals surface area contributed by atoms with Crippen LogP contribution in [0, 0.1) is 0 Å². The quantitative estimate of drug-likeness (QED) is 0.0341. The minimum Gasteiger partial charge on any atom is -0.458 e. The van der Waals surface area contributed by atoms with Crippen molar-refractivity contribution in [1.82, 2.24) is 0 Å². The van der Waals surface area contributed by atoms with E-state index in [0.717, 1.165) is 81.2 Å². The molecule has 2 aliphatic heterocycles. The SMILES string of the molecule is CCC(CC1OC1CC(C=CC=CC1CC=CCCCCC(O[Si](CC)(CC)CC)CC(=O)O1)O[Si](CC)(CC)CC)O[Si](CC)(CC)CC. The Balaban J connectivity index is 2.14. The fourth-order valence-electron chi connectivity index (χ4n) is 7.70. The van der Waals surface area contributed by atoms with Crippen LogP contribution in [0.4, 0.5) is 0 Å². The van der Waals surface area contributed by atoms with Crippen LogP contribution >= 0.6 is 0 Å². The lowest BCUT2D eigenvalue weighted by Gasteiger charge is -2.33. The van der Waals surface area contributed by atoms with Crippen molar-refractivity contribution < 1.29 is 27.5 Å². The molecule has 2 rings (SSSR count). The second-order valence-electron chi connectivity index (χ2n) is 15.0. The summed E-state index contributed by atoms with van der Waals surface area (Å²) < 4.78 is 33.1. The van der Waals surface area contributed by atoms with Crippen molar-refractivity contribution in [3.8, 4) is 0 Å². The van der Waals surface area contributed by atoms with Crippen molar-refractivity contribution in [3.05, 3.63) is 36.5 Å². The number of rotatable bonds is 23. The zero-order valence-corrected chi connectivity index (χ0v) is 37.1. The molecule has 0 amide bonds. The zero-order chi connectivity index (χ0) is 37.0. The molecule has 1 fully saturated rings. The second-order valence-corrected chi connectivity index (χ2v) is 29.1. The van der Waals surface area contributed by atoms with Gasteiger partial charge >= 0.3 is 5.97 Å². The molecular weight excluding hydrogens is 673 g/mol. The van der Waals surface area contributed by atoms with E-state index in [1.54, 1.807) is 0 Å². The zero-order valence-electron chi connectivity index (χ0n) is 34.1. The molecule has 0 saturated carbocycles. The summed E-state index contributed by atoms with van der Waals surface area (Å²) in [6.07, 6.45) is 21.4. The van der Waals surface area contributed by atoms with Crippen LogP contribution in [-0.4, -0.2) is 67.5 Å². The Hall–Kier alpha value is -0.819. The Morgan fingerprint density at radius 1 is 0.740 bits per heavy atom.